The first-order valence-corrected chi connectivity index (χ1v) is 11.3. The molecule has 0 heterocycles. The standard InChI is InChI=1S/C22H46ClN/c1-5-7-8-9-10-11-12-13-14-15-16-17-18-19-20-21-22(3,4)24(23)6-2/h5-21H2,1-4H3. The molecule has 0 fully saturated rings. The molecule has 0 aromatic carbocycles. The van der Waals surface area contributed by atoms with Gasteiger partial charge in [0.1, 0.15) is 0 Å². The van der Waals surface area contributed by atoms with E-state index < -0.39 is 0 Å². The van der Waals surface area contributed by atoms with Crippen LogP contribution in [0.3, 0.4) is 0 Å². The first-order chi connectivity index (χ1) is 11.5. The third-order valence-electron chi connectivity index (χ3n) is 5.33. The van der Waals surface area contributed by atoms with Gasteiger partial charge in [0.2, 0.25) is 0 Å². The lowest BCUT2D eigenvalue weighted by molar-refractivity contribution is 0.223. The van der Waals surface area contributed by atoms with Crippen LogP contribution < -0.4 is 0 Å². The number of hydrogen-bond donors (Lipinski definition) is 0. The molecular weight excluding hydrogens is 314 g/mol. The molecule has 0 amide bonds. The van der Waals surface area contributed by atoms with Gasteiger partial charge in [-0.05, 0) is 32.0 Å². The number of nitrogens with zero attached hydrogens (tertiary/aromatic N) is 1. The summed E-state index contributed by atoms with van der Waals surface area (Å²) >= 11 is 6.26. The maximum Gasteiger partial charge on any atom is 0.0306 e. The summed E-state index contributed by atoms with van der Waals surface area (Å²) in [7, 11) is 0. The summed E-state index contributed by atoms with van der Waals surface area (Å²) in [5, 5.41) is 0. The molecule has 0 saturated heterocycles. The molecule has 0 aliphatic rings. The highest BCUT2D eigenvalue weighted by Crippen LogP contribution is 2.24. The molecule has 0 radical (unpaired) electrons. The number of unbranched alkanes of at least 4 members (excludes halogenated alkanes) is 14. The summed E-state index contributed by atoms with van der Waals surface area (Å²) < 4.78 is 1.96. The summed E-state index contributed by atoms with van der Waals surface area (Å²) in [4.78, 5) is 0. The van der Waals surface area contributed by atoms with Crippen molar-refractivity contribution < 1.29 is 0 Å². The summed E-state index contributed by atoms with van der Waals surface area (Å²) in [5.41, 5.74) is 0.146. The van der Waals surface area contributed by atoms with Gasteiger partial charge in [-0.1, -0.05) is 110 Å². The van der Waals surface area contributed by atoms with Crippen LogP contribution >= 0.6 is 11.8 Å². The highest BCUT2D eigenvalue weighted by atomic mass is 35.5. The van der Waals surface area contributed by atoms with Crippen molar-refractivity contribution in [2.24, 2.45) is 0 Å². The fraction of sp³-hybridized carbons (Fsp3) is 1.00. The Hall–Kier alpha value is 0.250. The minimum atomic E-state index is 0.146. The molecule has 0 aromatic heterocycles. The molecule has 0 aliphatic heterocycles. The number of rotatable bonds is 18. The Morgan fingerprint density at radius 3 is 1.25 bits per heavy atom. The zero-order valence-electron chi connectivity index (χ0n) is 17.3. The van der Waals surface area contributed by atoms with E-state index in [0.29, 0.717) is 0 Å². The predicted molar refractivity (Wildman–Crippen MR) is 112 cm³/mol. The van der Waals surface area contributed by atoms with Crippen molar-refractivity contribution in [3.8, 4) is 0 Å². The highest BCUT2D eigenvalue weighted by Gasteiger charge is 2.23. The molecule has 146 valence electrons. The zero-order chi connectivity index (χ0) is 18.1. The summed E-state index contributed by atoms with van der Waals surface area (Å²) in [5.74, 6) is 0. The third kappa shape index (κ3) is 14.6. The second-order valence-electron chi connectivity index (χ2n) is 8.19. The molecule has 0 aliphatic carbocycles. The van der Waals surface area contributed by atoms with Crippen molar-refractivity contribution in [2.45, 2.75) is 136 Å². The summed E-state index contributed by atoms with van der Waals surface area (Å²) in [6, 6.07) is 0. The lowest BCUT2D eigenvalue weighted by atomic mass is 9.96. The smallest absolute Gasteiger partial charge is 0.0306 e. The lowest BCUT2D eigenvalue weighted by Crippen LogP contribution is -2.36. The van der Waals surface area contributed by atoms with Crippen LogP contribution in [-0.2, 0) is 0 Å². The Kier molecular flexibility index (Phi) is 16.9. The Morgan fingerprint density at radius 1 is 0.583 bits per heavy atom. The molecule has 0 saturated carbocycles. The van der Waals surface area contributed by atoms with Crippen LogP contribution in [0.4, 0.5) is 0 Å². The van der Waals surface area contributed by atoms with E-state index in [2.05, 4.69) is 27.7 Å². The van der Waals surface area contributed by atoms with Gasteiger partial charge >= 0.3 is 0 Å². The van der Waals surface area contributed by atoms with Crippen molar-refractivity contribution in [1.29, 1.82) is 0 Å². The van der Waals surface area contributed by atoms with Gasteiger partial charge in [0, 0.05) is 12.1 Å². The van der Waals surface area contributed by atoms with E-state index >= 15 is 0 Å². The van der Waals surface area contributed by atoms with Crippen LogP contribution in [0.1, 0.15) is 130 Å². The SMILES string of the molecule is CCCCCCCCCCCCCCCCCC(C)(C)N(Cl)CC. The molecule has 0 unspecified atom stereocenters. The van der Waals surface area contributed by atoms with Crippen molar-refractivity contribution in [2.75, 3.05) is 6.54 Å². The zero-order valence-corrected chi connectivity index (χ0v) is 18.1. The first kappa shape index (κ1) is 24.2. The Bertz CT molecular complexity index is 252. The van der Waals surface area contributed by atoms with E-state index in [1.54, 1.807) is 0 Å². The van der Waals surface area contributed by atoms with Gasteiger partial charge in [0.05, 0.1) is 0 Å². The van der Waals surface area contributed by atoms with Crippen LogP contribution in [0.2, 0.25) is 0 Å². The van der Waals surface area contributed by atoms with E-state index in [1.807, 2.05) is 4.42 Å². The second-order valence-corrected chi connectivity index (χ2v) is 8.60. The molecular formula is C22H46ClN. The Morgan fingerprint density at radius 2 is 0.917 bits per heavy atom. The summed E-state index contributed by atoms with van der Waals surface area (Å²) in [6.07, 6.45) is 22.6. The van der Waals surface area contributed by atoms with Gasteiger partial charge in [-0.2, -0.15) is 0 Å². The second kappa shape index (κ2) is 16.7. The molecule has 0 aromatic rings. The fourth-order valence-corrected chi connectivity index (χ4v) is 3.56. The summed E-state index contributed by atoms with van der Waals surface area (Å²) in [6.45, 7) is 9.86. The monoisotopic (exact) mass is 359 g/mol. The largest absolute Gasteiger partial charge is 0.215 e. The van der Waals surface area contributed by atoms with Crippen LogP contribution in [0.15, 0.2) is 0 Å². The molecule has 0 bridgehead atoms. The van der Waals surface area contributed by atoms with Crippen molar-refractivity contribution >= 4 is 11.8 Å². The lowest BCUT2D eigenvalue weighted by Gasteiger charge is -2.32. The maximum atomic E-state index is 6.26. The van der Waals surface area contributed by atoms with Gasteiger partial charge in [0.15, 0.2) is 0 Å². The topological polar surface area (TPSA) is 3.24 Å². The number of halogens is 1. The quantitative estimate of drug-likeness (QED) is 0.175. The molecule has 2 heteroatoms. The normalized spacial score (nSPS) is 12.2. The van der Waals surface area contributed by atoms with Crippen LogP contribution in [0, 0.1) is 0 Å². The first-order valence-electron chi connectivity index (χ1n) is 11.0. The van der Waals surface area contributed by atoms with Crippen molar-refractivity contribution in [1.82, 2.24) is 4.42 Å². The van der Waals surface area contributed by atoms with Gasteiger partial charge < -0.3 is 0 Å². The average Bonchev–Trinajstić information content (AvgIpc) is 2.57. The highest BCUT2D eigenvalue weighted by molar-refractivity contribution is 6.13. The van der Waals surface area contributed by atoms with Crippen molar-refractivity contribution in [3.63, 3.8) is 0 Å². The molecule has 24 heavy (non-hydrogen) atoms. The fourth-order valence-electron chi connectivity index (χ4n) is 3.48. The minimum Gasteiger partial charge on any atom is -0.215 e. The van der Waals surface area contributed by atoms with Gasteiger partial charge in [-0.3, -0.25) is 0 Å². The van der Waals surface area contributed by atoms with Gasteiger partial charge in [-0.25, -0.2) is 4.42 Å². The van der Waals surface area contributed by atoms with Crippen molar-refractivity contribution in [3.05, 3.63) is 0 Å². The van der Waals surface area contributed by atoms with E-state index in [9.17, 15) is 0 Å². The average molecular weight is 360 g/mol. The molecule has 0 rings (SSSR count). The maximum absolute atomic E-state index is 6.26. The van der Waals surface area contributed by atoms with E-state index in [0.717, 1.165) is 6.54 Å². The van der Waals surface area contributed by atoms with Crippen LogP contribution in [0.5, 0.6) is 0 Å². The predicted octanol–water partition coefficient (Wildman–Crippen LogP) is 8.50. The van der Waals surface area contributed by atoms with Crippen LogP contribution in [-0.4, -0.2) is 16.5 Å². The molecule has 0 atom stereocenters. The van der Waals surface area contributed by atoms with E-state index in [4.69, 9.17) is 11.8 Å². The Balaban J connectivity index is 3.21. The Labute approximate surface area is 159 Å². The van der Waals surface area contributed by atoms with E-state index in [1.165, 1.54) is 103 Å². The molecule has 0 spiro atoms. The number of hydrogen-bond acceptors (Lipinski definition) is 1. The minimum absolute atomic E-state index is 0.146. The van der Waals surface area contributed by atoms with Gasteiger partial charge in [-0.15, -0.1) is 0 Å². The van der Waals surface area contributed by atoms with E-state index in [-0.39, 0.29) is 5.54 Å². The van der Waals surface area contributed by atoms with Crippen LogP contribution in [0.25, 0.3) is 0 Å². The molecule has 0 N–H and O–H groups in total. The third-order valence-corrected chi connectivity index (χ3v) is 6.02. The van der Waals surface area contributed by atoms with Gasteiger partial charge in [0.25, 0.3) is 0 Å². The molecule has 1 nitrogen and oxygen atoms in total.